The Balaban J connectivity index is 2.39. The summed E-state index contributed by atoms with van der Waals surface area (Å²) in [5.41, 5.74) is 0.384. The Kier molecular flexibility index (Phi) is 3.40. The summed E-state index contributed by atoms with van der Waals surface area (Å²) in [6, 6.07) is 1.14. The lowest BCUT2D eigenvalue weighted by Crippen LogP contribution is -2.28. The summed E-state index contributed by atoms with van der Waals surface area (Å²) in [5, 5.41) is 2.14. The average molecular weight is 208 g/mol. The number of aromatic nitrogens is 1. The second-order valence-corrected chi connectivity index (χ2v) is 2.73. The van der Waals surface area contributed by atoms with Crippen LogP contribution in [0.2, 0.25) is 0 Å². The van der Waals surface area contributed by atoms with Crippen molar-refractivity contribution in [1.82, 2.24) is 10.3 Å². The molecule has 0 atom stereocenters. The van der Waals surface area contributed by atoms with Gasteiger partial charge in [-0.05, 0) is 11.6 Å². The number of nitrogens with zero attached hydrogens (tertiary/aromatic N) is 1. The van der Waals surface area contributed by atoms with Crippen molar-refractivity contribution in [3.8, 4) is 0 Å². The highest BCUT2D eigenvalue weighted by molar-refractivity contribution is 5.09. The summed E-state index contributed by atoms with van der Waals surface area (Å²) in [7, 11) is 0. The number of hydrogen-bond donors (Lipinski definition) is 1. The normalized spacial score (nSPS) is 11.7. The predicted octanol–water partition coefficient (Wildman–Crippen LogP) is 1.87. The van der Waals surface area contributed by atoms with Crippen LogP contribution in [0, 0.1) is 5.82 Å². The molecule has 0 amide bonds. The number of hydrogen-bond acceptors (Lipinski definition) is 2. The fourth-order valence-corrected chi connectivity index (χ4v) is 0.901. The first-order valence-electron chi connectivity index (χ1n) is 3.84. The molecule has 0 aliphatic carbocycles. The van der Waals surface area contributed by atoms with Crippen molar-refractivity contribution in [2.45, 2.75) is 12.7 Å². The van der Waals surface area contributed by atoms with Crippen LogP contribution in [0.1, 0.15) is 5.56 Å². The van der Waals surface area contributed by atoms with Crippen LogP contribution < -0.4 is 5.32 Å². The minimum Gasteiger partial charge on any atom is -0.305 e. The first-order valence-corrected chi connectivity index (χ1v) is 3.84. The van der Waals surface area contributed by atoms with E-state index < -0.39 is 18.5 Å². The first kappa shape index (κ1) is 10.9. The molecule has 0 spiro atoms. The molecule has 0 aliphatic rings. The van der Waals surface area contributed by atoms with Crippen LogP contribution >= 0.6 is 0 Å². The van der Waals surface area contributed by atoms with Gasteiger partial charge >= 0.3 is 6.18 Å². The number of halogens is 4. The zero-order valence-electron chi connectivity index (χ0n) is 7.11. The van der Waals surface area contributed by atoms with E-state index in [1.165, 1.54) is 6.20 Å². The highest BCUT2D eigenvalue weighted by Crippen LogP contribution is 2.12. The quantitative estimate of drug-likeness (QED) is 0.767. The molecule has 1 aromatic heterocycles. The van der Waals surface area contributed by atoms with Gasteiger partial charge in [-0.3, -0.25) is 4.98 Å². The van der Waals surface area contributed by atoms with Gasteiger partial charge in [0.2, 0.25) is 0 Å². The number of rotatable bonds is 3. The summed E-state index contributed by atoms with van der Waals surface area (Å²) in [6.07, 6.45) is -1.94. The van der Waals surface area contributed by atoms with Gasteiger partial charge in [0, 0.05) is 12.7 Å². The van der Waals surface area contributed by atoms with Gasteiger partial charge in [0.05, 0.1) is 12.7 Å². The van der Waals surface area contributed by atoms with Crippen LogP contribution in [0.25, 0.3) is 0 Å². The molecule has 78 valence electrons. The maximum atomic E-state index is 12.5. The van der Waals surface area contributed by atoms with Gasteiger partial charge in [0.25, 0.3) is 0 Å². The molecule has 0 unspecified atom stereocenters. The smallest absolute Gasteiger partial charge is 0.305 e. The molecule has 0 bridgehead atoms. The van der Waals surface area contributed by atoms with Crippen LogP contribution in [0.4, 0.5) is 17.6 Å². The van der Waals surface area contributed by atoms with Crippen molar-refractivity contribution in [1.29, 1.82) is 0 Å². The third kappa shape index (κ3) is 4.18. The minimum absolute atomic E-state index is 0.0513. The minimum atomic E-state index is -4.25. The molecule has 1 aromatic rings. The van der Waals surface area contributed by atoms with E-state index in [1.807, 2.05) is 0 Å². The molecule has 14 heavy (non-hydrogen) atoms. The van der Waals surface area contributed by atoms with Crippen LogP contribution in [0.3, 0.4) is 0 Å². The number of alkyl halides is 3. The maximum absolute atomic E-state index is 12.5. The van der Waals surface area contributed by atoms with Gasteiger partial charge in [0.15, 0.2) is 0 Å². The highest BCUT2D eigenvalue weighted by Gasteiger charge is 2.25. The van der Waals surface area contributed by atoms with E-state index in [1.54, 1.807) is 0 Å². The Hall–Kier alpha value is -1.17. The summed E-state index contributed by atoms with van der Waals surface area (Å²) in [6.45, 7) is -1.15. The monoisotopic (exact) mass is 208 g/mol. The third-order valence-electron chi connectivity index (χ3n) is 1.42. The van der Waals surface area contributed by atoms with Crippen LogP contribution in [0.5, 0.6) is 0 Å². The molecule has 1 N–H and O–H groups in total. The molecule has 0 saturated heterocycles. The van der Waals surface area contributed by atoms with E-state index in [-0.39, 0.29) is 6.54 Å². The molecule has 1 rings (SSSR count). The Morgan fingerprint density at radius 3 is 2.57 bits per heavy atom. The summed E-state index contributed by atoms with van der Waals surface area (Å²) >= 11 is 0. The zero-order chi connectivity index (χ0) is 10.6. The van der Waals surface area contributed by atoms with E-state index in [2.05, 4.69) is 10.3 Å². The Morgan fingerprint density at radius 1 is 1.29 bits per heavy atom. The molecule has 0 fully saturated rings. The van der Waals surface area contributed by atoms with E-state index >= 15 is 0 Å². The fourth-order valence-electron chi connectivity index (χ4n) is 0.901. The maximum Gasteiger partial charge on any atom is 0.401 e. The second kappa shape index (κ2) is 4.36. The molecule has 2 nitrogen and oxygen atoms in total. The topological polar surface area (TPSA) is 24.9 Å². The van der Waals surface area contributed by atoms with E-state index in [9.17, 15) is 17.6 Å². The van der Waals surface area contributed by atoms with Gasteiger partial charge < -0.3 is 5.32 Å². The van der Waals surface area contributed by atoms with Gasteiger partial charge in [-0.2, -0.15) is 13.2 Å². The van der Waals surface area contributed by atoms with Gasteiger partial charge in [-0.25, -0.2) is 4.39 Å². The molecular weight excluding hydrogens is 200 g/mol. The van der Waals surface area contributed by atoms with Crippen molar-refractivity contribution in [2.24, 2.45) is 0 Å². The van der Waals surface area contributed by atoms with Crippen LogP contribution in [-0.4, -0.2) is 17.7 Å². The van der Waals surface area contributed by atoms with E-state index in [0.717, 1.165) is 12.3 Å². The molecule has 0 aromatic carbocycles. The predicted molar refractivity (Wildman–Crippen MR) is 42.0 cm³/mol. The molecule has 0 radical (unpaired) electrons. The van der Waals surface area contributed by atoms with Crippen molar-refractivity contribution in [2.75, 3.05) is 6.54 Å². The molecule has 6 heteroatoms. The average Bonchev–Trinajstić information content (AvgIpc) is 2.01. The lowest BCUT2D eigenvalue weighted by atomic mass is 10.3. The molecular formula is C8H8F4N2. The fraction of sp³-hybridized carbons (Fsp3) is 0.375. The third-order valence-corrected chi connectivity index (χ3v) is 1.42. The first-order chi connectivity index (χ1) is 6.47. The lowest BCUT2D eigenvalue weighted by Gasteiger charge is -2.07. The standard InChI is InChI=1S/C8H8F4N2/c9-7-1-6(2-13-4-7)3-14-5-8(10,11)12/h1-2,4,14H,3,5H2. The van der Waals surface area contributed by atoms with E-state index in [4.69, 9.17) is 0 Å². The Labute approximate surface area is 78.0 Å². The van der Waals surface area contributed by atoms with Crippen molar-refractivity contribution in [3.05, 3.63) is 29.8 Å². The summed E-state index contributed by atoms with van der Waals surface area (Å²) in [5.74, 6) is -0.559. The summed E-state index contributed by atoms with van der Waals surface area (Å²) in [4.78, 5) is 3.50. The Morgan fingerprint density at radius 2 is 2.00 bits per heavy atom. The van der Waals surface area contributed by atoms with Crippen molar-refractivity contribution < 1.29 is 17.6 Å². The van der Waals surface area contributed by atoms with E-state index in [0.29, 0.717) is 5.56 Å². The van der Waals surface area contributed by atoms with Crippen LogP contribution in [-0.2, 0) is 6.54 Å². The Bertz CT molecular complexity index is 298. The molecule has 1 heterocycles. The lowest BCUT2D eigenvalue weighted by molar-refractivity contribution is -0.125. The molecule has 0 aliphatic heterocycles. The largest absolute Gasteiger partial charge is 0.401 e. The van der Waals surface area contributed by atoms with Crippen LogP contribution in [0.15, 0.2) is 18.5 Å². The van der Waals surface area contributed by atoms with Gasteiger partial charge in [-0.1, -0.05) is 0 Å². The van der Waals surface area contributed by atoms with Gasteiger partial charge in [0.1, 0.15) is 5.82 Å². The molecule has 0 saturated carbocycles. The highest BCUT2D eigenvalue weighted by atomic mass is 19.4. The number of nitrogens with one attached hydrogen (secondary N) is 1. The van der Waals surface area contributed by atoms with Crippen molar-refractivity contribution in [3.63, 3.8) is 0 Å². The number of pyridine rings is 1. The second-order valence-electron chi connectivity index (χ2n) is 2.73. The van der Waals surface area contributed by atoms with Crippen molar-refractivity contribution >= 4 is 0 Å². The SMILES string of the molecule is Fc1cncc(CNCC(F)(F)F)c1. The summed E-state index contributed by atoms with van der Waals surface area (Å²) < 4.78 is 47.6. The van der Waals surface area contributed by atoms with Gasteiger partial charge in [-0.15, -0.1) is 0 Å². The zero-order valence-corrected chi connectivity index (χ0v) is 7.11.